The van der Waals surface area contributed by atoms with Crippen LogP contribution in [0.4, 0.5) is 5.69 Å². The Balaban J connectivity index is 1.29. The molecule has 0 aliphatic rings. The van der Waals surface area contributed by atoms with Crippen LogP contribution in [0, 0.1) is 6.92 Å². The Hall–Kier alpha value is -5.60. The van der Waals surface area contributed by atoms with Gasteiger partial charge in [0.1, 0.15) is 11.5 Å². The van der Waals surface area contributed by atoms with Gasteiger partial charge in [-0.3, -0.25) is 14.4 Å². The monoisotopic (exact) mass is 659 g/mol. The maximum atomic E-state index is 13.4. The number of anilines is 1. The highest BCUT2D eigenvalue weighted by molar-refractivity contribution is 7.89. The lowest BCUT2D eigenvalue weighted by atomic mass is 10.2. The maximum Gasteiger partial charge on any atom is 0.338 e. The smallest absolute Gasteiger partial charge is 0.338 e. The van der Waals surface area contributed by atoms with Crippen LogP contribution in [0.25, 0.3) is 0 Å². The van der Waals surface area contributed by atoms with Crippen LogP contribution in [-0.2, 0) is 42.2 Å². The lowest BCUT2D eigenvalue weighted by Gasteiger charge is -2.21. The van der Waals surface area contributed by atoms with Crippen molar-refractivity contribution >= 4 is 45.6 Å². The molecule has 3 N–H and O–H groups in total. The van der Waals surface area contributed by atoms with Gasteiger partial charge in [-0.15, -0.1) is 0 Å². The average molecular weight is 660 g/mol. The summed E-state index contributed by atoms with van der Waals surface area (Å²) in [6.07, 6.45) is 1.21. The van der Waals surface area contributed by atoms with E-state index in [2.05, 4.69) is 21.2 Å². The van der Waals surface area contributed by atoms with Gasteiger partial charge in [-0.05, 0) is 67.9 Å². The van der Waals surface area contributed by atoms with Gasteiger partial charge in [0.15, 0.2) is 0 Å². The molecule has 47 heavy (non-hydrogen) atoms. The first-order chi connectivity index (χ1) is 22.5. The van der Waals surface area contributed by atoms with Gasteiger partial charge in [0.2, 0.25) is 10.0 Å². The third-order valence-electron chi connectivity index (χ3n) is 6.53. The van der Waals surface area contributed by atoms with E-state index in [-0.39, 0.29) is 30.4 Å². The molecule has 0 bridgehead atoms. The van der Waals surface area contributed by atoms with E-state index in [0.717, 1.165) is 9.87 Å². The van der Waals surface area contributed by atoms with Crippen LogP contribution in [-0.4, -0.2) is 55.8 Å². The van der Waals surface area contributed by atoms with E-state index >= 15 is 0 Å². The molecule has 0 spiro atoms. The third-order valence-corrected chi connectivity index (χ3v) is 8.33. The first-order valence-corrected chi connectivity index (χ1v) is 15.9. The van der Waals surface area contributed by atoms with Gasteiger partial charge in [0, 0.05) is 12.2 Å². The fraction of sp³-hybridized carbons (Fsp3) is 0.182. The van der Waals surface area contributed by atoms with Crippen molar-refractivity contribution in [2.75, 3.05) is 18.5 Å². The number of aryl methyl sites for hydroxylation is 1. The molecular formula is C33H33N5O8S. The van der Waals surface area contributed by atoms with Crippen molar-refractivity contribution in [3.05, 3.63) is 119 Å². The summed E-state index contributed by atoms with van der Waals surface area (Å²) in [5.41, 5.74) is 4.53. The molecule has 1 aromatic heterocycles. The molecule has 4 aromatic rings. The Kier molecular flexibility index (Phi) is 11.7. The lowest BCUT2D eigenvalue weighted by molar-refractivity contribution is -0.136. The Labute approximate surface area is 271 Å². The topological polar surface area (TPSA) is 176 Å². The normalized spacial score (nSPS) is 11.3. The van der Waals surface area contributed by atoms with E-state index in [1.165, 1.54) is 48.7 Å². The summed E-state index contributed by atoms with van der Waals surface area (Å²) in [5, 5.41) is 8.72. The van der Waals surface area contributed by atoms with Crippen LogP contribution in [0.1, 0.15) is 39.9 Å². The Morgan fingerprint density at radius 1 is 0.894 bits per heavy atom. The highest BCUT2D eigenvalue weighted by atomic mass is 32.2. The number of carbonyl (C=O) groups excluding carboxylic acids is 4. The predicted octanol–water partition coefficient (Wildman–Crippen LogP) is 3.36. The number of hydrogen-bond acceptors (Lipinski definition) is 9. The minimum Gasteiger partial charge on any atom is -0.462 e. The molecule has 0 unspecified atom stereocenters. The summed E-state index contributed by atoms with van der Waals surface area (Å²) in [4.78, 5) is 49.1. The van der Waals surface area contributed by atoms with E-state index in [9.17, 15) is 27.6 Å². The number of sulfonamides is 1. The summed E-state index contributed by atoms with van der Waals surface area (Å²) in [7, 11) is -4.01. The highest BCUT2D eigenvalue weighted by Crippen LogP contribution is 2.19. The second kappa shape index (κ2) is 16.1. The molecule has 0 radical (unpaired) electrons. The Morgan fingerprint density at radius 2 is 1.60 bits per heavy atom. The summed E-state index contributed by atoms with van der Waals surface area (Å²) in [6, 6.07) is 24.2. The largest absolute Gasteiger partial charge is 0.462 e. The van der Waals surface area contributed by atoms with E-state index < -0.39 is 40.3 Å². The Bertz CT molecular complexity index is 1840. The maximum absolute atomic E-state index is 13.4. The van der Waals surface area contributed by atoms with Gasteiger partial charge in [0.05, 0.1) is 36.4 Å². The zero-order valence-corrected chi connectivity index (χ0v) is 26.5. The highest BCUT2D eigenvalue weighted by Gasteiger charge is 2.27. The SMILES string of the molecule is CCOC(=O)c1ccc(NC(=O)C(=O)NCc2ccc(/C=N\NC(=O)CN(Cc3ccccc3)S(=O)(=O)c3ccc(C)cc3)o2)cc1. The van der Waals surface area contributed by atoms with Crippen LogP contribution in [0.2, 0.25) is 0 Å². The second-order valence-electron chi connectivity index (χ2n) is 10.1. The van der Waals surface area contributed by atoms with Gasteiger partial charge in [0.25, 0.3) is 5.91 Å². The molecule has 4 rings (SSSR count). The van der Waals surface area contributed by atoms with Crippen molar-refractivity contribution < 1.29 is 36.7 Å². The third kappa shape index (κ3) is 9.94. The molecule has 3 aromatic carbocycles. The minimum atomic E-state index is -4.01. The summed E-state index contributed by atoms with van der Waals surface area (Å²) < 4.78 is 38.3. The molecule has 14 heteroatoms. The Morgan fingerprint density at radius 3 is 2.28 bits per heavy atom. The summed E-state index contributed by atoms with van der Waals surface area (Å²) in [5.74, 6) is -2.48. The molecule has 0 saturated carbocycles. The quantitative estimate of drug-likeness (QED) is 0.0847. The first kappa shape index (κ1) is 34.3. The fourth-order valence-corrected chi connectivity index (χ4v) is 5.52. The second-order valence-corrected chi connectivity index (χ2v) is 12.0. The standard InChI is InChI=1S/C33H33N5O8S/c1-3-45-33(42)25-11-13-26(14-12-25)36-32(41)31(40)34-19-27-15-16-28(46-27)20-35-37-30(39)22-38(21-24-7-5-4-6-8-24)47(43,44)29-17-9-23(2)10-18-29/h4-18,20H,3,19,21-22H2,1-2H3,(H,34,40)(H,36,41)(H,37,39)/b35-20-. The van der Waals surface area contributed by atoms with Gasteiger partial charge in [-0.2, -0.15) is 9.41 Å². The number of amides is 3. The summed E-state index contributed by atoms with van der Waals surface area (Å²) in [6.45, 7) is 3.14. The number of ether oxygens (including phenoxy) is 1. The number of hydrazone groups is 1. The summed E-state index contributed by atoms with van der Waals surface area (Å²) >= 11 is 0. The zero-order valence-electron chi connectivity index (χ0n) is 25.6. The van der Waals surface area contributed by atoms with Crippen molar-refractivity contribution in [3.63, 3.8) is 0 Å². The van der Waals surface area contributed by atoms with Crippen molar-refractivity contribution in [1.29, 1.82) is 0 Å². The number of esters is 1. The number of benzene rings is 3. The van der Waals surface area contributed by atoms with Gasteiger partial charge in [-0.1, -0.05) is 48.0 Å². The van der Waals surface area contributed by atoms with E-state index in [0.29, 0.717) is 22.6 Å². The van der Waals surface area contributed by atoms with Gasteiger partial charge in [-0.25, -0.2) is 18.6 Å². The molecule has 0 aliphatic carbocycles. The molecule has 0 saturated heterocycles. The molecule has 244 valence electrons. The number of carbonyl (C=O) groups is 4. The molecule has 13 nitrogen and oxygen atoms in total. The number of furan rings is 1. The van der Waals surface area contributed by atoms with Crippen LogP contribution >= 0.6 is 0 Å². The molecule has 1 heterocycles. The van der Waals surface area contributed by atoms with E-state index in [1.54, 1.807) is 49.4 Å². The van der Waals surface area contributed by atoms with Crippen LogP contribution in [0.5, 0.6) is 0 Å². The minimum absolute atomic E-state index is 0.0266. The van der Waals surface area contributed by atoms with Crippen molar-refractivity contribution in [2.24, 2.45) is 5.10 Å². The average Bonchev–Trinajstić information content (AvgIpc) is 3.52. The van der Waals surface area contributed by atoms with Gasteiger partial charge >= 0.3 is 17.8 Å². The molecule has 0 aliphatic heterocycles. The first-order valence-electron chi connectivity index (χ1n) is 14.4. The van der Waals surface area contributed by atoms with Crippen molar-refractivity contribution in [2.45, 2.75) is 31.8 Å². The molecule has 0 atom stereocenters. The molecular weight excluding hydrogens is 626 g/mol. The fourth-order valence-electron chi connectivity index (χ4n) is 4.13. The van der Waals surface area contributed by atoms with Crippen LogP contribution in [0.3, 0.4) is 0 Å². The number of nitrogens with one attached hydrogen (secondary N) is 3. The zero-order chi connectivity index (χ0) is 33.8. The molecule has 3 amide bonds. The molecule has 0 fully saturated rings. The van der Waals surface area contributed by atoms with Crippen molar-refractivity contribution in [3.8, 4) is 0 Å². The number of hydrogen-bond donors (Lipinski definition) is 3. The van der Waals surface area contributed by atoms with E-state index in [4.69, 9.17) is 9.15 Å². The lowest BCUT2D eigenvalue weighted by Crippen LogP contribution is -2.39. The van der Waals surface area contributed by atoms with Gasteiger partial charge < -0.3 is 19.8 Å². The number of rotatable bonds is 13. The number of nitrogens with zero attached hydrogens (tertiary/aromatic N) is 2. The van der Waals surface area contributed by atoms with E-state index in [1.807, 2.05) is 13.0 Å². The van der Waals surface area contributed by atoms with Crippen molar-refractivity contribution in [1.82, 2.24) is 15.0 Å². The van der Waals surface area contributed by atoms with Crippen LogP contribution in [0.15, 0.2) is 105 Å². The predicted molar refractivity (Wildman–Crippen MR) is 173 cm³/mol. The van der Waals surface area contributed by atoms with Crippen LogP contribution < -0.4 is 16.1 Å².